The molecule has 2 N–H and O–H groups in total. The van der Waals surface area contributed by atoms with E-state index in [0.717, 1.165) is 0 Å². The van der Waals surface area contributed by atoms with E-state index in [1.807, 2.05) is 0 Å². The van der Waals surface area contributed by atoms with E-state index in [1.165, 1.54) is 24.3 Å². The molecule has 0 saturated carbocycles. The Hall–Kier alpha value is -1.93. The van der Waals surface area contributed by atoms with Crippen LogP contribution in [0.3, 0.4) is 0 Å². The first-order valence-corrected chi connectivity index (χ1v) is 9.90. The summed E-state index contributed by atoms with van der Waals surface area (Å²) in [4.78, 5) is 12.1. The highest BCUT2D eigenvalue weighted by Gasteiger charge is 2.15. The maximum absolute atomic E-state index is 12.4. The quantitative estimate of drug-likeness (QED) is 0.638. The minimum Gasteiger partial charge on any atom is -0.385 e. The van der Waals surface area contributed by atoms with Crippen molar-refractivity contribution >= 4 is 27.5 Å². The van der Waals surface area contributed by atoms with Gasteiger partial charge in [0.2, 0.25) is 10.0 Å². The Morgan fingerprint density at radius 2 is 1.81 bits per heavy atom. The first kappa shape index (κ1) is 20.4. The number of ether oxygens (including phenoxy) is 1. The van der Waals surface area contributed by atoms with Gasteiger partial charge in [0, 0.05) is 37.4 Å². The van der Waals surface area contributed by atoms with Crippen LogP contribution in [0.2, 0.25) is 5.02 Å². The van der Waals surface area contributed by atoms with Gasteiger partial charge in [0.15, 0.2) is 0 Å². The Balaban J connectivity index is 1.97. The summed E-state index contributed by atoms with van der Waals surface area (Å²) in [6, 6.07) is 12.8. The third kappa shape index (κ3) is 5.81. The number of rotatable bonds is 9. The predicted octanol–water partition coefficient (Wildman–Crippen LogP) is 2.58. The van der Waals surface area contributed by atoms with Crippen LogP contribution in [0.25, 0.3) is 0 Å². The molecule has 0 heterocycles. The average molecular weight is 397 g/mol. The zero-order valence-corrected chi connectivity index (χ0v) is 15.9. The lowest BCUT2D eigenvalue weighted by Crippen LogP contribution is -2.26. The SMILES string of the molecule is COCCCNC(=O)c1ccc(S(=O)(=O)NCc2ccccc2Cl)cc1. The van der Waals surface area contributed by atoms with Crippen LogP contribution in [0, 0.1) is 0 Å². The molecule has 0 atom stereocenters. The molecule has 26 heavy (non-hydrogen) atoms. The van der Waals surface area contributed by atoms with Gasteiger partial charge in [-0.1, -0.05) is 29.8 Å². The first-order chi connectivity index (χ1) is 12.4. The van der Waals surface area contributed by atoms with Crippen LogP contribution >= 0.6 is 11.6 Å². The fraction of sp³-hybridized carbons (Fsp3) is 0.278. The second-order valence-electron chi connectivity index (χ2n) is 5.54. The van der Waals surface area contributed by atoms with Crippen molar-refractivity contribution in [3.05, 3.63) is 64.7 Å². The number of nitrogens with one attached hydrogen (secondary N) is 2. The van der Waals surface area contributed by atoms with Gasteiger partial charge in [0.25, 0.3) is 5.91 Å². The molecule has 0 unspecified atom stereocenters. The van der Waals surface area contributed by atoms with Crippen LogP contribution < -0.4 is 10.0 Å². The molecule has 0 aromatic heterocycles. The maximum Gasteiger partial charge on any atom is 0.251 e. The largest absolute Gasteiger partial charge is 0.385 e. The van der Waals surface area contributed by atoms with Crippen LogP contribution in [0.4, 0.5) is 0 Å². The summed E-state index contributed by atoms with van der Waals surface area (Å²) in [7, 11) is -2.10. The summed E-state index contributed by atoms with van der Waals surface area (Å²) in [6.45, 7) is 1.14. The van der Waals surface area contributed by atoms with Crippen LogP contribution in [-0.2, 0) is 21.3 Å². The fourth-order valence-corrected chi connectivity index (χ4v) is 3.41. The van der Waals surface area contributed by atoms with Gasteiger partial charge in [-0.15, -0.1) is 0 Å². The van der Waals surface area contributed by atoms with E-state index in [1.54, 1.807) is 31.4 Å². The van der Waals surface area contributed by atoms with Crippen LogP contribution in [-0.4, -0.2) is 34.6 Å². The summed E-state index contributed by atoms with van der Waals surface area (Å²) in [6.07, 6.45) is 0.709. The zero-order chi connectivity index (χ0) is 19.0. The van der Waals surface area contributed by atoms with Crippen molar-refractivity contribution in [3.8, 4) is 0 Å². The van der Waals surface area contributed by atoms with Crippen LogP contribution in [0.15, 0.2) is 53.4 Å². The monoisotopic (exact) mass is 396 g/mol. The predicted molar refractivity (Wildman–Crippen MR) is 101 cm³/mol. The second kappa shape index (κ2) is 9.68. The van der Waals surface area contributed by atoms with E-state index in [0.29, 0.717) is 35.7 Å². The number of hydrogen-bond donors (Lipinski definition) is 2. The van der Waals surface area contributed by atoms with Crippen molar-refractivity contribution in [3.63, 3.8) is 0 Å². The van der Waals surface area contributed by atoms with Gasteiger partial charge in [-0.2, -0.15) is 0 Å². The highest BCUT2D eigenvalue weighted by molar-refractivity contribution is 7.89. The number of carbonyl (C=O) groups is 1. The Kier molecular flexibility index (Phi) is 7.59. The van der Waals surface area contributed by atoms with Gasteiger partial charge in [0.05, 0.1) is 4.90 Å². The number of carbonyl (C=O) groups excluding carboxylic acids is 1. The summed E-state index contributed by atoms with van der Waals surface area (Å²) < 4.78 is 32.2. The topological polar surface area (TPSA) is 84.5 Å². The normalized spacial score (nSPS) is 11.3. The fourth-order valence-electron chi connectivity index (χ4n) is 2.20. The van der Waals surface area contributed by atoms with Crippen molar-refractivity contribution in [2.24, 2.45) is 0 Å². The molecule has 0 saturated heterocycles. The number of sulfonamides is 1. The average Bonchev–Trinajstić information content (AvgIpc) is 2.64. The molecule has 0 radical (unpaired) electrons. The van der Waals surface area contributed by atoms with Gasteiger partial charge in [-0.3, -0.25) is 4.79 Å². The molecule has 8 heteroatoms. The molecule has 2 aromatic carbocycles. The van der Waals surface area contributed by atoms with Gasteiger partial charge in [-0.05, 0) is 42.3 Å². The van der Waals surface area contributed by atoms with Gasteiger partial charge in [-0.25, -0.2) is 13.1 Å². The number of methoxy groups -OCH3 is 1. The van der Waals surface area contributed by atoms with E-state index < -0.39 is 10.0 Å². The molecule has 6 nitrogen and oxygen atoms in total. The molecule has 0 spiro atoms. The lowest BCUT2D eigenvalue weighted by molar-refractivity contribution is 0.0948. The Bertz CT molecular complexity index is 839. The van der Waals surface area contributed by atoms with Crippen molar-refractivity contribution in [1.82, 2.24) is 10.0 Å². The van der Waals surface area contributed by atoms with Crippen molar-refractivity contribution in [2.45, 2.75) is 17.9 Å². The standard InChI is InChI=1S/C18H21ClN2O4S/c1-25-12-4-11-20-18(22)14-7-9-16(10-8-14)26(23,24)21-13-15-5-2-3-6-17(15)19/h2-3,5-10,21H,4,11-13H2,1H3,(H,20,22). The number of halogens is 1. The highest BCUT2D eigenvalue weighted by atomic mass is 35.5. The van der Waals surface area contributed by atoms with Gasteiger partial charge < -0.3 is 10.1 Å². The number of benzene rings is 2. The van der Waals surface area contributed by atoms with E-state index in [9.17, 15) is 13.2 Å². The summed E-state index contributed by atoms with van der Waals surface area (Å²) in [5.41, 5.74) is 1.08. The summed E-state index contributed by atoms with van der Waals surface area (Å²) in [5, 5.41) is 3.24. The molecular weight excluding hydrogens is 376 g/mol. The third-order valence-electron chi connectivity index (χ3n) is 3.65. The Morgan fingerprint density at radius 1 is 1.12 bits per heavy atom. The van der Waals surface area contributed by atoms with Crippen LogP contribution in [0.1, 0.15) is 22.3 Å². The molecule has 1 amide bonds. The van der Waals surface area contributed by atoms with Crippen molar-refractivity contribution < 1.29 is 17.9 Å². The Morgan fingerprint density at radius 3 is 2.46 bits per heavy atom. The lowest BCUT2D eigenvalue weighted by atomic mass is 10.2. The molecule has 2 aromatic rings. The van der Waals surface area contributed by atoms with E-state index in [-0.39, 0.29) is 17.3 Å². The molecule has 140 valence electrons. The van der Waals surface area contributed by atoms with E-state index in [2.05, 4.69) is 10.0 Å². The number of amides is 1. The zero-order valence-electron chi connectivity index (χ0n) is 14.4. The molecule has 2 rings (SSSR count). The van der Waals surface area contributed by atoms with Gasteiger partial charge >= 0.3 is 0 Å². The van der Waals surface area contributed by atoms with Crippen molar-refractivity contribution in [1.29, 1.82) is 0 Å². The molecule has 0 aliphatic heterocycles. The lowest BCUT2D eigenvalue weighted by Gasteiger charge is -2.09. The molecule has 0 bridgehead atoms. The smallest absolute Gasteiger partial charge is 0.251 e. The minimum absolute atomic E-state index is 0.0838. The molecule has 0 aliphatic rings. The van der Waals surface area contributed by atoms with E-state index >= 15 is 0 Å². The first-order valence-electron chi connectivity index (χ1n) is 8.04. The second-order valence-corrected chi connectivity index (χ2v) is 7.72. The minimum atomic E-state index is -3.70. The van der Waals surface area contributed by atoms with Gasteiger partial charge in [0.1, 0.15) is 0 Å². The van der Waals surface area contributed by atoms with Crippen molar-refractivity contribution in [2.75, 3.05) is 20.3 Å². The summed E-state index contributed by atoms with van der Waals surface area (Å²) >= 11 is 6.03. The molecule has 0 aliphatic carbocycles. The molecule has 0 fully saturated rings. The highest BCUT2D eigenvalue weighted by Crippen LogP contribution is 2.16. The molecular formula is C18H21ClN2O4S. The van der Waals surface area contributed by atoms with E-state index in [4.69, 9.17) is 16.3 Å². The third-order valence-corrected chi connectivity index (χ3v) is 5.43. The summed E-state index contributed by atoms with van der Waals surface area (Å²) in [5.74, 6) is -0.255. The maximum atomic E-state index is 12.4. The Labute approximate surface area is 158 Å². The number of hydrogen-bond acceptors (Lipinski definition) is 4. The van der Waals surface area contributed by atoms with Crippen LogP contribution in [0.5, 0.6) is 0 Å².